The van der Waals surface area contributed by atoms with Gasteiger partial charge < -0.3 is 5.73 Å². The van der Waals surface area contributed by atoms with Crippen LogP contribution in [0.4, 0.5) is 0 Å². The minimum absolute atomic E-state index is 0.593. The van der Waals surface area contributed by atoms with Crippen molar-refractivity contribution in [3.63, 3.8) is 0 Å². The molecule has 0 radical (unpaired) electrons. The molecule has 1 aromatic carbocycles. The van der Waals surface area contributed by atoms with Crippen molar-refractivity contribution in [3.05, 3.63) is 30.0 Å². The van der Waals surface area contributed by atoms with Crippen LogP contribution >= 0.6 is 0 Å². The molecular formula is C11H13N3. The second-order valence-corrected chi connectivity index (χ2v) is 3.88. The topological polar surface area (TPSA) is 43.8 Å². The molecule has 1 aliphatic carbocycles. The molecular weight excluding hydrogens is 174 g/mol. The standard InChI is InChI=1S/C11H13N3/c12-6-8-2-1-3-9-7-13-14(11(8)9)10-4-5-10/h1-3,7,10H,4-6,12H2. The summed E-state index contributed by atoms with van der Waals surface area (Å²) in [4.78, 5) is 0. The number of aromatic nitrogens is 2. The van der Waals surface area contributed by atoms with Gasteiger partial charge in [0.2, 0.25) is 0 Å². The van der Waals surface area contributed by atoms with E-state index in [-0.39, 0.29) is 0 Å². The normalized spacial score (nSPS) is 16.4. The zero-order valence-electron chi connectivity index (χ0n) is 7.98. The maximum absolute atomic E-state index is 5.72. The van der Waals surface area contributed by atoms with Crippen LogP contribution in [-0.2, 0) is 6.54 Å². The van der Waals surface area contributed by atoms with Crippen LogP contribution in [0.25, 0.3) is 10.9 Å². The lowest BCUT2D eigenvalue weighted by molar-refractivity contribution is 0.662. The monoisotopic (exact) mass is 187 g/mol. The third kappa shape index (κ3) is 1.06. The highest BCUT2D eigenvalue weighted by molar-refractivity contribution is 5.82. The molecule has 72 valence electrons. The molecule has 14 heavy (non-hydrogen) atoms. The Kier molecular flexibility index (Phi) is 1.61. The van der Waals surface area contributed by atoms with Crippen molar-refractivity contribution in [1.29, 1.82) is 0 Å². The zero-order valence-corrected chi connectivity index (χ0v) is 7.98. The first kappa shape index (κ1) is 8.00. The maximum Gasteiger partial charge on any atom is 0.0730 e. The fourth-order valence-electron chi connectivity index (χ4n) is 1.94. The number of nitrogens with zero attached hydrogens (tertiary/aromatic N) is 2. The van der Waals surface area contributed by atoms with Gasteiger partial charge in [0.15, 0.2) is 0 Å². The first-order chi connectivity index (χ1) is 6.90. The summed E-state index contributed by atoms with van der Waals surface area (Å²) < 4.78 is 2.14. The smallest absolute Gasteiger partial charge is 0.0730 e. The van der Waals surface area contributed by atoms with Gasteiger partial charge in [0.1, 0.15) is 0 Å². The van der Waals surface area contributed by atoms with Gasteiger partial charge in [-0.1, -0.05) is 18.2 Å². The average Bonchev–Trinajstić information content (AvgIpc) is 2.97. The Labute approximate surface area is 82.5 Å². The molecule has 3 heteroatoms. The Morgan fingerprint density at radius 1 is 1.43 bits per heavy atom. The molecule has 1 heterocycles. The molecule has 0 atom stereocenters. The van der Waals surface area contributed by atoms with Gasteiger partial charge in [-0.15, -0.1) is 0 Å². The third-order valence-corrected chi connectivity index (χ3v) is 2.81. The van der Waals surface area contributed by atoms with Gasteiger partial charge in [0, 0.05) is 11.9 Å². The third-order valence-electron chi connectivity index (χ3n) is 2.81. The van der Waals surface area contributed by atoms with Crippen molar-refractivity contribution >= 4 is 10.9 Å². The van der Waals surface area contributed by atoms with Gasteiger partial charge in [0.05, 0.1) is 17.8 Å². The van der Waals surface area contributed by atoms with Gasteiger partial charge >= 0.3 is 0 Å². The van der Waals surface area contributed by atoms with E-state index >= 15 is 0 Å². The van der Waals surface area contributed by atoms with Gasteiger partial charge in [-0.25, -0.2) is 0 Å². The highest BCUT2D eigenvalue weighted by Crippen LogP contribution is 2.37. The van der Waals surface area contributed by atoms with E-state index in [1.54, 1.807) is 0 Å². The maximum atomic E-state index is 5.72. The van der Waals surface area contributed by atoms with Crippen LogP contribution in [0.2, 0.25) is 0 Å². The lowest BCUT2D eigenvalue weighted by Gasteiger charge is -2.04. The van der Waals surface area contributed by atoms with Gasteiger partial charge in [-0.3, -0.25) is 4.68 Å². The fourth-order valence-corrected chi connectivity index (χ4v) is 1.94. The van der Waals surface area contributed by atoms with Crippen LogP contribution in [0.15, 0.2) is 24.4 Å². The molecule has 0 aliphatic heterocycles. The molecule has 0 amide bonds. The predicted octanol–water partition coefficient (Wildman–Crippen LogP) is 1.83. The number of hydrogen-bond acceptors (Lipinski definition) is 2. The molecule has 3 rings (SSSR count). The number of rotatable bonds is 2. The molecule has 1 fully saturated rings. The van der Waals surface area contributed by atoms with Crippen molar-refractivity contribution in [2.45, 2.75) is 25.4 Å². The highest BCUT2D eigenvalue weighted by atomic mass is 15.3. The summed E-state index contributed by atoms with van der Waals surface area (Å²) in [5, 5.41) is 5.64. The van der Waals surface area contributed by atoms with Crippen LogP contribution in [0.3, 0.4) is 0 Å². The summed E-state index contributed by atoms with van der Waals surface area (Å²) in [6.45, 7) is 0.593. The van der Waals surface area contributed by atoms with Crippen molar-refractivity contribution < 1.29 is 0 Å². The van der Waals surface area contributed by atoms with Crippen molar-refractivity contribution in [1.82, 2.24) is 9.78 Å². The van der Waals surface area contributed by atoms with E-state index in [0.717, 1.165) is 0 Å². The number of benzene rings is 1. The Morgan fingerprint density at radius 2 is 2.29 bits per heavy atom. The van der Waals surface area contributed by atoms with E-state index < -0.39 is 0 Å². The highest BCUT2D eigenvalue weighted by Gasteiger charge is 2.26. The van der Waals surface area contributed by atoms with Crippen LogP contribution in [0.1, 0.15) is 24.4 Å². The molecule has 1 aromatic heterocycles. The quantitative estimate of drug-likeness (QED) is 0.779. The summed E-state index contributed by atoms with van der Waals surface area (Å²) in [6.07, 6.45) is 4.46. The predicted molar refractivity (Wildman–Crippen MR) is 55.9 cm³/mol. The van der Waals surface area contributed by atoms with E-state index in [4.69, 9.17) is 5.73 Å². The first-order valence-electron chi connectivity index (χ1n) is 5.05. The summed E-state index contributed by atoms with van der Waals surface area (Å²) in [5.74, 6) is 0. The molecule has 1 saturated carbocycles. The SMILES string of the molecule is NCc1cccc2cnn(C3CC3)c12. The zero-order chi connectivity index (χ0) is 9.54. The molecule has 0 saturated heterocycles. The van der Waals surface area contributed by atoms with Crippen LogP contribution in [0.5, 0.6) is 0 Å². The minimum Gasteiger partial charge on any atom is -0.326 e. The van der Waals surface area contributed by atoms with Crippen LogP contribution < -0.4 is 5.73 Å². The van der Waals surface area contributed by atoms with Crippen LogP contribution in [0, 0.1) is 0 Å². The van der Waals surface area contributed by atoms with E-state index in [9.17, 15) is 0 Å². The second-order valence-electron chi connectivity index (χ2n) is 3.88. The summed E-state index contributed by atoms with van der Waals surface area (Å²) in [6, 6.07) is 6.85. The second kappa shape index (κ2) is 2.82. The Hall–Kier alpha value is -1.35. The number of nitrogens with two attached hydrogens (primary N) is 1. The Balaban J connectivity index is 2.29. The summed E-state index contributed by atoms with van der Waals surface area (Å²) in [5.41, 5.74) is 8.16. The average molecular weight is 187 g/mol. The number of fused-ring (bicyclic) bond motifs is 1. The van der Waals surface area contributed by atoms with Gasteiger partial charge in [0.25, 0.3) is 0 Å². The van der Waals surface area contributed by atoms with E-state index in [2.05, 4.69) is 21.9 Å². The summed E-state index contributed by atoms with van der Waals surface area (Å²) in [7, 11) is 0. The lowest BCUT2D eigenvalue weighted by atomic mass is 10.1. The molecule has 3 nitrogen and oxygen atoms in total. The Bertz CT molecular complexity index is 468. The Morgan fingerprint density at radius 3 is 3.00 bits per heavy atom. The van der Waals surface area contributed by atoms with Crippen molar-refractivity contribution in [2.24, 2.45) is 5.73 Å². The summed E-state index contributed by atoms with van der Waals surface area (Å²) >= 11 is 0. The van der Waals surface area contributed by atoms with E-state index in [0.29, 0.717) is 12.6 Å². The number of hydrogen-bond donors (Lipinski definition) is 1. The van der Waals surface area contributed by atoms with E-state index in [1.807, 2.05) is 12.3 Å². The molecule has 2 aromatic rings. The van der Waals surface area contributed by atoms with E-state index in [1.165, 1.54) is 29.3 Å². The van der Waals surface area contributed by atoms with Gasteiger partial charge in [-0.05, 0) is 18.4 Å². The molecule has 0 bridgehead atoms. The van der Waals surface area contributed by atoms with Crippen molar-refractivity contribution in [2.75, 3.05) is 0 Å². The molecule has 0 unspecified atom stereocenters. The lowest BCUT2D eigenvalue weighted by Crippen LogP contribution is -2.02. The largest absolute Gasteiger partial charge is 0.326 e. The molecule has 2 N–H and O–H groups in total. The van der Waals surface area contributed by atoms with Crippen LogP contribution in [-0.4, -0.2) is 9.78 Å². The minimum atomic E-state index is 0.593. The number of para-hydroxylation sites is 1. The molecule has 1 aliphatic rings. The molecule has 0 spiro atoms. The first-order valence-corrected chi connectivity index (χ1v) is 5.05. The fraction of sp³-hybridized carbons (Fsp3) is 0.364. The van der Waals surface area contributed by atoms with Crippen molar-refractivity contribution in [3.8, 4) is 0 Å². The van der Waals surface area contributed by atoms with Gasteiger partial charge in [-0.2, -0.15) is 5.10 Å².